The van der Waals surface area contributed by atoms with E-state index in [0.29, 0.717) is 5.92 Å². The van der Waals surface area contributed by atoms with Crippen LogP contribution in [0.2, 0.25) is 0 Å². The van der Waals surface area contributed by atoms with Gasteiger partial charge in [0.05, 0.1) is 5.69 Å². The van der Waals surface area contributed by atoms with Gasteiger partial charge in [0.1, 0.15) is 4.34 Å². The summed E-state index contributed by atoms with van der Waals surface area (Å²) >= 11 is 3.50. The van der Waals surface area contributed by atoms with Crippen molar-refractivity contribution in [2.24, 2.45) is 12.0 Å². The third kappa shape index (κ3) is 7.98. The summed E-state index contributed by atoms with van der Waals surface area (Å²) in [6.07, 6.45) is 5.00. The molecule has 152 valence electrons. The Kier molecular flexibility index (Phi) is 11.3. The molecular weight excluding hydrogens is 491 g/mol. The third-order valence-corrected chi connectivity index (χ3v) is 5.84. The molecule has 0 radical (unpaired) electrons. The molecule has 9 heteroatoms. The zero-order chi connectivity index (χ0) is 18.9. The lowest BCUT2D eigenvalue weighted by atomic mass is 10.1. The maximum Gasteiger partial charge on any atom is 0.193 e. The number of hydrogen-bond acceptors (Lipinski definition) is 5. The highest BCUT2D eigenvalue weighted by molar-refractivity contribution is 14.0. The molecule has 0 bridgehead atoms. The molecule has 0 atom stereocenters. The normalized spacial score (nSPS) is 11.6. The zero-order valence-corrected chi connectivity index (χ0v) is 20.8. The van der Waals surface area contributed by atoms with Crippen LogP contribution in [0.15, 0.2) is 27.1 Å². The molecule has 27 heavy (non-hydrogen) atoms. The second-order valence-corrected chi connectivity index (χ2v) is 8.70. The quantitative estimate of drug-likeness (QED) is 0.176. The van der Waals surface area contributed by atoms with E-state index in [1.807, 2.05) is 23.3 Å². The van der Waals surface area contributed by atoms with E-state index in [2.05, 4.69) is 54.3 Å². The highest BCUT2D eigenvalue weighted by atomic mass is 127. The molecule has 0 saturated heterocycles. The van der Waals surface area contributed by atoms with Crippen molar-refractivity contribution in [2.75, 3.05) is 25.9 Å². The van der Waals surface area contributed by atoms with Crippen LogP contribution in [-0.4, -0.2) is 51.5 Å². The number of aromatic nitrogens is 3. The minimum atomic E-state index is 0. The van der Waals surface area contributed by atoms with E-state index in [1.54, 1.807) is 23.1 Å². The molecule has 0 amide bonds. The number of nitrogens with one attached hydrogen (secondary N) is 1. The van der Waals surface area contributed by atoms with Crippen molar-refractivity contribution in [3.8, 4) is 0 Å². The molecule has 0 fully saturated rings. The Bertz CT molecular complexity index is 684. The first-order chi connectivity index (χ1) is 12.5. The van der Waals surface area contributed by atoms with Crippen LogP contribution in [0.3, 0.4) is 0 Å². The minimum Gasteiger partial charge on any atom is -0.357 e. The molecule has 0 unspecified atom stereocenters. The van der Waals surface area contributed by atoms with Crippen molar-refractivity contribution in [1.29, 1.82) is 0 Å². The van der Waals surface area contributed by atoms with Crippen molar-refractivity contribution in [1.82, 2.24) is 25.0 Å². The Morgan fingerprint density at radius 3 is 2.85 bits per heavy atom. The summed E-state index contributed by atoms with van der Waals surface area (Å²) in [7, 11) is 4.07. The molecule has 0 aliphatic carbocycles. The van der Waals surface area contributed by atoms with Gasteiger partial charge in [-0.3, -0.25) is 9.67 Å². The number of hydrogen-bond donors (Lipinski definition) is 1. The Hall–Kier alpha value is -0.810. The number of aryl methyl sites for hydroxylation is 1. The van der Waals surface area contributed by atoms with Gasteiger partial charge in [0.2, 0.25) is 0 Å². The molecular formula is C18H31IN6S2. The van der Waals surface area contributed by atoms with E-state index in [9.17, 15) is 0 Å². The largest absolute Gasteiger partial charge is 0.357 e. The zero-order valence-electron chi connectivity index (χ0n) is 16.8. The van der Waals surface area contributed by atoms with Gasteiger partial charge in [-0.15, -0.1) is 35.3 Å². The summed E-state index contributed by atoms with van der Waals surface area (Å²) in [6.45, 7) is 8.96. The minimum absolute atomic E-state index is 0. The van der Waals surface area contributed by atoms with Gasteiger partial charge in [-0.05, 0) is 19.3 Å². The molecule has 6 nitrogen and oxygen atoms in total. The molecule has 0 spiro atoms. The summed E-state index contributed by atoms with van der Waals surface area (Å²) in [5, 5.41) is 10.0. The lowest BCUT2D eigenvalue weighted by Gasteiger charge is -2.22. The van der Waals surface area contributed by atoms with Crippen molar-refractivity contribution >= 4 is 53.0 Å². The van der Waals surface area contributed by atoms with Crippen LogP contribution >= 0.6 is 47.1 Å². The predicted octanol–water partition coefficient (Wildman–Crippen LogP) is 4.20. The lowest BCUT2D eigenvalue weighted by molar-refractivity contribution is 0.473. The van der Waals surface area contributed by atoms with Gasteiger partial charge in [0.15, 0.2) is 5.96 Å². The van der Waals surface area contributed by atoms with Crippen LogP contribution in [0.25, 0.3) is 0 Å². The summed E-state index contributed by atoms with van der Waals surface area (Å²) in [5.41, 5.74) is 2.42. The van der Waals surface area contributed by atoms with Crippen LogP contribution in [0.5, 0.6) is 0 Å². The van der Waals surface area contributed by atoms with E-state index in [0.717, 1.165) is 47.8 Å². The smallest absolute Gasteiger partial charge is 0.193 e. The van der Waals surface area contributed by atoms with Gasteiger partial charge < -0.3 is 10.2 Å². The van der Waals surface area contributed by atoms with Crippen molar-refractivity contribution in [3.05, 3.63) is 29.0 Å². The average molecular weight is 523 g/mol. The Morgan fingerprint density at radius 2 is 2.22 bits per heavy atom. The van der Waals surface area contributed by atoms with Crippen LogP contribution in [0.1, 0.15) is 44.4 Å². The number of thioether (sulfide) groups is 1. The molecule has 2 rings (SSSR count). The van der Waals surface area contributed by atoms with E-state index in [-0.39, 0.29) is 24.0 Å². The molecule has 0 aliphatic heterocycles. The van der Waals surface area contributed by atoms with E-state index < -0.39 is 0 Å². The molecule has 0 aromatic carbocycles. The summed E-state index contributed by atoms with van der Waals surface area (Å²) in [5.74, 6) is 2.41. The SMILES string of the molecule is CCNC(=NCCCSc1nccs1)N(C)Cc1cn(C)nc1C(C)C.I. The number of guanidine groups is 1. The summed E-state index contributed by atoms with van der Waals surface area (Å²) in [4.78, 5) is 11.3. The number of thiazole rings is 1. The first kappa shape index (κ1) is 24.2. The Balaban J connectivity index is 0.00000364. The maximum absolute atomic E-state index is 4.78. The first-order valence-corrected chi connectivity index (χ1v) is 10.9. The Morgan fingerprint density at radius 1 is 1.44 bits per heavy atom. The van der Waals surface area contributed by atoms with Crippen LogP contribution < -0.4 is 5.32 Å². The van der Waals surface area contributed by atoms with Gasteiger partial charge in [-0.2, -0.15) is 5.10 Å². The molecule has 0 aliphatic rings. The second kappa shape index (κ2) is 12.6. The molecule has 2 heterocycles. The van der Waals surface area contributed by atoms with Crippen molar-refractivity contribution in [2.45, 2.75) is 44.0 Å². The summed E-state index contributed by atoms with van der Waals surface area (Å²) in [6, 6.07) is 0. The van der Waals surface area contributed by atoms with Gasteiger partial charge >= 0.3 is 0 Å². The number of rotatable bonds is 9. The van der Waals surface area contributed by atoms with Crippen LogP contribution in [0, 0.1) is 0 Å². The van der Waals surface area contributed by atoms with Gasteiger partial charge in [0, 0.05) is 62.8 Å². The highest BCUT2D eigenvalue weighted by Crippen LogP contribution is 2.21. The monoisotopic (exact) mass is 522 g/mol. The standard InChI is InChI=1S/C18H30N6S2.HI/c1-6-19-17(20-8-7-10-25-18-21-9-11-26-18)23(4)12-15-13-24(5)22-16(15)14(2)3;/h9,11,13-14H,6-8,10,12H2,1-5H3,(H,19,20);1H. The second-order valence-electron chi connectivity index (χ2n) is 6.46. The topological polar surface area (TPSA) is 58.3 Å². The third-order valence-electron chi connectivity index (χ3n) is 3.79. The van der Waals surface area contributed by atoms with Crippen LogP contribution in [0.4, 0.5) is 0 Å². The first-order valence-electron chi connectivity index (χ1n) is 9.05. The van der Waals surface area contributed by atoms with Gasteiger partial charge in [-0.1, -0.05) is 25.6 Å². The van der Waals surface area contributed by atoms with Crippen molar-refractivity contribution in [3.63, 3.8) is 0 Å². The Labute approximate surface area is 188 Å². The fraction of sp³-hybridized carbons (Fsp3) is 0.611. The lowest BCUT2D eigenvalue weighted by Crippen LogP contribution is -2.38. The summed E-state index contributed by atoms with van der Waals surface area (Å²) < 4.78 is 3.04. The number of nitrogens with zero attached hydrogens (tertiary/aromatic N) is 5. The fourth-order valence-corrected chi connectivity index (χ4v) is 4.29. The molecule has 1 N–H and O–H groups in total. The number of halogens is 1. The van der Waals surface area contributed by atoms with Crippen LogP contribution in [-0.2, 0) is 13.6 Å². The molecule has 2 aromatic heterocycles. The van der Waals surface area contributed by atoms with Gasteiger partial charge in [-0.25, -0.2) is 4.98 Å². The molecule has 2 aromatic rings. The van der Waals surface area contributed by atoms with Crippen molar-refractivity contribution < 1.29 is 0 Å². The molecule has 0 saturated carbocycles. The number of aliphatic imine (C=N–C) groups is 1. The van der Waals surface area contributed by atoms with E-state index in [4.69, 9.17) is 4.99 Å². The predicted molar refractivity (Wildman–Crippen MR) is 128 cm³/mol. The highest BCUT2D eigenvalue weighted by Gasteiger charge is 2.15. The van der Waals surface area contributed by atoms with E-state index in [1.165, 1.54) is 5.56 Å². The maximum atomic E-state index is 4.78. The van der Waals surface area contributed by atoms with E-state index >= 15 is 0 Å². The fourth-order valence-electron chi connectivity index (χ4n) is 2.65. The average Bonchev–Trinajstić information content (AvgIpc) is 3.23. The van der Waals surface area contributed by atoms with Gasteiger partial charge in [0.25, 0.3) is 0 Å².